The van der Waals surface area contributed by atoms with Crippen LogP contribution in [-0.4, -0.2) is 21.9 Å². The molecule has 0 unspecified atom stereocenters. The number of benzene rings is 2. The number of ether oxygens (including phenoxy) is 1. The van der Waals surface area contributed by atoms with Crippen LogP contribution >= 0.6 is 23.4 Å². The lowest BCUT2D eigenvalue weighted by Gasteiger charge is -2.12. The molecule has 1 saturated carbocycles. The highest BCUT2D eigenvalue weighted by Gasteiger charge is 2.18. The monoisotopic (exact) mass is 425 g/mol. The number of carbonyl (C=O) groups is 1. The van der Waals surface area contributed by atoms with Crippen molar-refractivity contribution in [2.75, 3.05) is 0 Å². The molecule has 0 atom stereocenters. The number of hydrogen-bond donors (Lipinski definition) is 1. The largest absolute Gasteiger partial charge is 0.437 e. The van der Waals surface area contributed by atoms with Crippen molar-refractivity contribution in [2.24, 2.45) is 0 Å². The fourth-order valence-corrected chi connectivity index (χ4v) is 4.11. The van der Waals surface area contributed by atoms with Crippen LogP contribution in [0.15, 0.2) is 70.8 Å². The Morgan fingerprint density at radius 3 is 2.41 bits per heavy atom. The molecule has 2 aromatic carbocycles. The van der Waals surface area contributed by atoms with Gasteiger partial charge in [0.2, 0.25) is 0 Å². The first-order chi connectivity index (χ1) is 14.2. The van der Waals surface area contributed by atoms with E-state index in [0.29, 0.717) is 33.3 Å². The third kappa shape index (κ3) is 5.28. The Morgan fingerprint density at radius 1 is 1.00 bits per heavy atom. The van der Waals surface area contributed by atoms with Gasteiger partial charge in [0.15, 0.2) is 5.03 Å². The van der Waals surface area contributed by atoms with Crippen LogP contribution in [0.2, 0.25) is 5.02 Å². The lowest BCUT2D eigenvalue weighted by molar-refractivity contribution is 0.0938. The fourth-order valence-electron chi connectivity index (χ4n) is 3.19. The third-order valence-electron chi connectivity index (χ3n) is 4.68. The van der Waals surface area contributed by atoms with Gasteiger partial charge in [-0.15, -0.1) is 0 Å². The van der Waals surface area contributed by atoms with E-state index in [9.17, 15) is 4.79 Å². The Hall–Kier alpha value is -2.57. The van der Waals surface area contributed by atoms with Gasteiger partial charge >= 0.3 is 0 Å². The summed E-state index contributed by atoms with van der Waals surface area (Å²) in [5.74, 6) is 0.971. The summed E-state index contributed by atoms with van der Waals surface area (Å²) < 4.78 is 5.92. The highest BCUT2D eigenvalue weighted by molar-refractivity contribution is 7.99. The van der Waals surface area contributed by atoms with Crippen molar-refractivity contribution in [3.8, 4) is 11.6 Å². The molecule has 0 saturated heterocycles. The number of hydrogen-bond acceptors (Lipinski definition) is 5. The summed E-state index contributed by atoms with van der Waals surface area (Å²) in [6.45, 7) is 0. The average Bonchev–Trinajstić information content (AvgIpc) is 3.25. The Bertz CT molecular complexity index is 974. The molecule has 7 heteroatoms. The predicted molar refractivity (Wildman–Crippen MR) is 114 cm³/mol. The van der Waals surface area contributed by atoms with Gasteiger partial charge in [-0.2, -0.15) is 0 Å². The SMILES string of the molecule is O=C(NC1CCCC1)c1ccc(Oc2nccnc2Sc2ccc(Cl)cc2)cc1. The van der Waals surface area contributed by atoms with E-state index < -0.39 is 0 Å². The third-order valence-corrected chi connectivity index (χ3v) is 5.92. The molecule has 3 aromatic rings. The topological polar surface area (TPSA) is 64.1 Å². The summed E-state index contributed by atoms with van der Waals surface area (Å²) in [6.07, 6.45) is 7.71. The molecule has 1 fully saturated rings. The normalized spacial score (nSPS) is 14.0. The minimum Gasteiger partial charge on any atom is -0.437 e. The van der Waals surface area contributed by atoms with Crippen LogP contribution in [0.1, 0.15) is 36.0 Å². The molecule has 0 bridgehead atoms. The van der Waals surface area contributed by atoms with Crippen molar-refractivity contribution >= 4 is 29.3 Å². The van der Waals surface area contributed by atoms with Crippen LogP contribution in [0.5, 0.6) is 11.6 Å². The molecule has 0 spiro atoms. The zero-order chi connectivity index (χ0) is 20.1. The molecular formula is C22H20ClN3O2S. The summed E-state index contributed by atoms with van der Waals surface area (Å²) in [6, 6.07) is 14.9. The first-order valence-electron chi connectivity index (χ1n) is 9.50. The van der Waals surface area contributed by atoms with Gasteiger partial charge < -0.3 is 10.1 Å². The van der Waals surface area contributed by atoms with E-state index >= 15 is 0 Å². The molecule has 1 aromatic heterocycles. The predicted octanol–water partition coefficient (Wildman–Crippen LogP) is 5.75. The number of rotatable bonds is 6. The van der Waals surface area contributed by atoms with Crippen molar-refractivity contribution in [2.45, 2.75) is 41.6 Å². The quantitative estimate of drug-likeness (QED) is 0.545. The number of halogens is 1. The van der Waals surface area contributed by atoms with Crippen molar-refractivity contribution in [1.82, 2.24) is 15.3 Å². The molecule has 1 aliphatic carbocycles. The van der Waals surface area contributed by atoms with Crippen LogP contribution in [0, 0.1) is 0 Å². The van der Waals surface area contributed by atoms with Crippen molar-refractivity contribution < 1.29 is 9.53 Å². The van der Waals surface area contributed by atoms with E-state index in [1.54, 1.807) is 36.7 Å². The van der Waals surface area contributed by atoms with E-state index in [4.69, 9.17) is 16.3 Å². The summed E-state index contributed by atoms with van der Waals surface area (Å²) in [5.41, 5.74) is 0.624. The first kappa shape index (κ1) is 19.7. The maximum absolute atomic E-state index is 12.4. The zero-order valence-electron chi connectivity index (χ0n) is 15.7. The number of nitrogens with one attached hydrogen (secondary N) is 1. The molecule has 5 nitrogen and oxygen atoms in total. The summed E-state index contributed by atoms with van der Waals surface area (Å²) in [5, 5.41) is 4.42. The fraction of sp³-hybridized carbons (Fsp3) is 0.227. The zero-order valence-corrected chi connectivity index (χ0v) is 17.2. The number of aromatic nitrogens is 2. The van der Waals surface area contributed by atoms with E-state index in [0.717, 1.165) is 17.7 Å². The number of amides is 1. The second-order valence-corrected chi connectivity index (χ2v) is 8.30. The molecular weight excluding hydrogens is 406 g/mol. The standard InChI is InChI=1S/C22H20ClN3O2S/c23-16-7-11-19(12-8-16)29-22-21(24-13-14-25-22)28-18-9-5-15(6-10-18)20(27)26-17-3-1-2-4-17/h5-14,17H,1-4H2,(H,26,27). The van der Waals surface area contributed by atoms with Crippen molar-refractivity contribution in [3.63, 3.8) is 0 Å². The lowest BCUT2D eigenvalue weighted by atomic mass is 10.1. The summed E-state index contributed by atoms with van der Waals surface area (Å²) >= 11 is 7.39. The smallest absolute Gasteiger partial charge is 0.252 e. The van der Waals surface area contributed by atoms with E-state index in [-0.39, 0.29) is 5.91 Å². The second-order valence-electron chi connectivity index (χ2n) is 6.80. The van der Waals surface area contributed by atoms with Gasteiger partial charge in [-0.25, -0.2) is 9.97 Å². The molecule has 0 radical (unpaired) electrons. The lowest BCUT2D eigenvalue weighted by Crippen LogP contribution is -2.32. The van der Waals surface area contributed by atoms with Gasteiger partial charge in [-0.05, 0) is 61.4 Å². The molecule has 4 rings (SSSR count). The van der Waals surface area contributed by atoms with Gasteiger partial charge in [0.1, 0.15) is 5.75 Å². The number of carbonyl (C=O) groups excluding carboxylic acids is 1. The minimum absolute atomic E-state index is 0.0399. The van der Waals surface area contributed by atoms with Crippen LogP contribution in [-0.2, 0) is 0 Å². The van der Waals surface area contributed by atoms with Gasteiger partial charge in [-0.3, -0.25) is 4.79 Å². The molecule has 1 heterocycles. The van der Waals surface area contributed by atoms with Gasteiger partial charge in [-0.1, -0.05) is 36.2 Å². The molecule has 1 aliphatic rings. The van der Waals surface area contributed by atoms with E-state index in [1.165, 1.54) is 24.6 Å². The highest BCUT2D eigenvalue weighted by atomic mass is 35.5. The Morgan fingerprint density at radius 2 is 1.69 bits per heavy atom. The van der Waals surface area contributed by atoms with Crippen LogP contribution in [0.25, 0.3) is 0 Å². The Kier molecular flexibility index (Phi) is 6.32. The second kappa shape index (κ2) is 9.29. The highest BCUT2D eigenvalue weighted by Crippen LogP contribution is 2.34. The van der Waals surface area contributed by atoms with Crippen LogP contribution in [0.4, 0.5) is 0 Å². The van der Waals surface area contributed by atoms with Crippen molar-refractivity contribution in [3.05, 3.63) is 71.5 Å². The summed E-state index contributed by atoms with van der Waals surface area (Å²) in [7, 11) is 0. The average molecular weight is 426 g/mol. The van der Waals surface area contributed by atoms with E-state index in [2.05, 4.69) is 15.3 Å². The Balaban J connectivity index is 1.43. The molecule has 1 amide bonds. The van der Waals surface area contributed by atoms with Gasteiger partial charge in [0.05, 0.1) is 0 Å². The van der Waals surface area contributed by atoms with Gasteiger partial charge in [0, 0.05) is 33.9 Å². The first-order valence-corrected chi connectivity index (χ1v) is 10.7. The molecule has 1 N–H and O–H groups in total. The summed E-state index contributed by atoms with van der Waals surface area (Å²) in [4.78, 5) is 22.0. The minimum atomic E-state index is -0.0399. The number of nitrogens with zero attached hydrogens (tertiary/aromatic N) is 2. The van der Waals surface area contributed by atoms with Gasteiger partial charge in [0.25, 0.3) is 11.8 Å². The maximum Gasteiger partial charge on any atom is 0.252 e. The van der Waals surface area contributed by atoms with Crippen molar-refractivity contribution in [1.29, 1.82) is 0 Å². The van der Waals surface area contributed by atoms with Crippen LogP contribution in [0.3, 0.4) is 0 Å². The van der Waals surface area contributed by atoms with E-state index in [1.807, 2.05) is 24.3 Å². The maximum atomic E-state index is 12.4. The molecule has 0 aliphatic heterocycles. The Labute approximate surface area is 178 Å². The molecule has 29 heavy (non-hydrogen) atoms. The van der Waals surface area contributed by atoms with Crippen LogP contribution < -0.4 is 10.1 Å². The molecule has 148 valence electrons.